The quantitative estimate of drug-likeness (QED) is 0.568. The summed E-state index contributed by atoms with van der Waals surface area (Å²) in [7, 11) is 0. The van der Waals surface area contributed by atoms with Gasteiger partial charge in [0.2, 0.25) is 0 Å². The van der Waals surface area contributed by atoms with E-state index >= 15 is 0 Å². The molecule has 1 atom stereocenters. The van der Waals surface area contributed by atoms with Gasteiger partial charge in [-0.1, -0.05) is 12.1 Å². The Bertz CT molecular complexity index is 980. The number of pyridine rings is 1. The second-order valence-electron chi connectivity index (χ2n) is 8.28. The number of benzene rings is 1. The number of rotatable bonds is 8. The van der Waals surface area contributed by atoms with E-state index in [0.717, 1.165) is 5.56 Å². The molecule has 1 aromatic carbocycles. The molecule has 2 amide bonds. The number of aliphatic hydroxyl groups is 1. The third kappa shape index (κ3) is 6.71. The number of aromatic nitrogens is 1. The molecular weight excluding hydrogens is 420 g/mol. The molecule has 9 heteroatoms. The Morgan fingerprint density at radius 2 is 1.72 bits per heavy atom. The summed E-state index contributed by atoms with van der Waals surface area (Å²) in [6.45, 7) is 9.02. The predicted octanol–water partition coefficient (Wildman–Crippen LogP) is 3.85. The molecule has 0 radical (unpaired) electrons. The molecule has 2 aromatic rings. The maximum Gasteiger partial charge on any atom is 0.272 e. The van der Waals surface area contributed by atoms with Crippen LogP contribution in [0.4, 0.5) is 14.6 Å². The Balaban J connectivity index is 2.18. The van der Waals surface area contributed by atoms with Gasteiger partial charge < -0.3 is 20.5 Å². The number of ether oxygens (including phenoxy) is 1. The minimum absolute atomic E-state index is 0.155. The molecule has 2 rings (SSSR count). The Labute approximate surface area is 186 Å². The maximum absolute atomic E-state index is 12.8. The van der Waals surface area contributed by atoms with Gasteiger partial charge in [0.05, 0.1) is 6.04 Å². The lowest BCUT2D eigenvalue weighted by molar-refractivity contribution is -0.130. The van der Waals surface area contributed by atoms with Gasteiger partial charge in [-0.05, 0) is 70.4 Å². The second kappa shape index (κ2) is 10.0. The number of aryl methyl sites for hydroxylation is 3. The van der Waals surface area contributed by atoms with Crippen molar-refractivity contribution in [1.29, 1.82) is 0 Å². The highest BCUT2D eigenvalue weighted by atomic mass is 19.3. The molecule has 1 heterocycles. The Morgan fingerprint density at radius 1 is 1.12 bits per heavy atom. The van der Waals surface area contributed by atoms with Gasteiger partial charge in [-0.25, -0.2) is 13.8 Å². The summed E-state index contributed by atoms with van der Waals surface area (Å²) < 4.78 is 30.1. The monoisotopic (exact) mass is 449 g/mol. The molecule has 0 aliphatic rings. The molecule has 1 unspecified atom stereocenters. The van der Waals surface area contributed by atoms with Crippen LogP contribution in [0.25, 0.3) is 0 Å². The summed E-state index contributed by atoms with van der Waals surface area (Å²) in [6, 6.07) is 6.19. The lowest BCUT2D eigenvalue weighted by Crippen LogP contribution is -2.37. The van der Waals surface area contributed by atoms with E-state index in [4.69, 9.17) is 4.74 Å². The molecule has 0 aliphatic carbocycles. The minimum Gasteiger partial charge on any atom is -0.487 e. The molecule has 3 N–H and O–H groups in total. The van der Waals surface area contributed by atoms with Crippen LogP contribution < -0.4 is 15.4 Å². The molecule has 0 saturated carbocycles. The van der Waals surface area contributed by atoms with Gasteiger partial charge in [0.1, 0.15) is 23.8 Å². The number of hydrogen-bond acceptors (Lipinski definition) is 5. The van der Waals surface area contributed by atoms with Crippen LogP contribution in [0.3, 0.4) is 0 Å². The van der Waals surface area contributed by atoms with Crippen LogP contribution in [0.2, 0.25) is 0 Å². The zero-order valence-electron chi connectivity index (χ0n) is 19.0. The van der Waals surface area contributed by atoms with E-state index in [1.165, 1.54) is 19.9 Å². The number of halogens is 2. The van der Waals surface area contributed by atoms with E-state index < -0.39 is 24.5 Å². The lowest BCUT2D eigenvalue weighted by atomic mass is 10.0. The smallest absolute Gasteiger partial charge is 0.272 e. The first-order chi connectivity index (χ1) is 14.8. The first kappa shape index (κ1) is 25.2. The predicted molar refractivity (Wildman–Crippen MR) is 117 cm³/mol. The van der Waals surface area contributed by atoms with Crippen molar-refractivity contribution < 1.29 is 28.2 Å². The molecule has 7 nitrogen and oxygen atoms in total. The molecule has 0 spiro atoms. The Kier molecular flexibility index (Phi) is 7.90. The number of anilines is 1. The molecule has 1 aromatic heterocycles. The van der Waals surface area contributed by atoms with Crippen molar-refractivity contribution >= 4 is 17.6 Å². The number of carbonyl (C=O) groups excluding carboxylic acids is 2. The van der Waals surface area contributed by atoms with Gasteiger partial charge in [0.15, 0.2) is 0 Å². The van der Waals surface area contributed by atoms with Gasteiger partial charge in [-0.15, -0.1) is 0 Å². The van der Waals surface area contributed by atoms with Crippen LogP contribution in [0, 0.1) is 20.8 Å². The fourth-order valence-electron chi connectivity index (χ4n) is 3.10. The van der Waals surface area contributed by atoms with Crippen molar-refractivity contribution in [3.05, 3.63) is 52.2 Å². The van der Waals surface area contributed by atoms with Crippen LogP contribution in [0.1, 0.15) is 59.6 Å². The SMILES string of the molecule is Cc1cc(C(=O)NC(C)c2cc(C)c(OCC(F)F)c(C)c2)cc(NC(=O)C(C)(C)O)n1. The molecule has 0 aliphatic heterocycles. The summed E-state index contributed by atoms with van der Waals surface area (Å²) in [6.07, 6.45) is -2.56. The largest absolute Gasteiger partial charge is 0.487 e. The molecule has 0 saturated heterocycles. The van der Waals surface area contributed by atoms with E-state index in [-0.39, 0.29) is 17.8 Å². The standard InChI is InChI=1S/C23H29F2N3O4/c1-12-7-16(8-13(2)20(12)32-11-18(24)25)15(4)27-21(29)17-9-14(3)26-19(10-17)28-22(30)23(5,6)31/h7-10,15,18,31H,11H2,1-6H3,(H,27,29)(H,26,28,30). The highest BCUT2D eigenvalue weighted by molar-refractivity contribution is 5.98. The fraction of sp³-hybridized carbons (Fsp3) is 0.435. The first-order valence-corrected chi connectivity index (χ1v) is 10.1. The lowest BCUT2D eigenvalue weighted by Gasteiger charge is -2.19. The number of hydrogen-bond donors (Lipinski definition) is 3. The van der Waals surface area contributed by atoms with Crippen LogP contribution in [-0.4, -0.2) is 40.5 Å². The van der Waals surface area contributed by atoms with Gasteiger partial charge in [0, 0.05) is 11.3 Å². The molecular formula is C23H29F2N3O4. The van der Waals surface area contributed by atoms with Crippen LogP contribution in [0.5, 0.6) is 5.75 Å². The summed E-state index contributed by atoms with van der Waals surface area (Å²) in [5.74, 6) is -0.461. The number of nitrogens with zero attached hydrogens (tertiary/aromatic N) is 1. The molecule has 0 bridgehead atoms. The normalized spacial score (nSPS) is 12.4. The maximum atomic E-state index is 12.8. The summed E-state index contributed by atoms with van der Waals surface area (Å²) in [5.41, 5.74) is 1.39. The number of nitrogens with one attached hydrogen (secondary N) is 2. The average Bonchev–Trinajstić information content (AvgIpc) is 2.65. The summed E-state index contributed by atoms with van der Waals surface area (Å²) in [5, 5.41) is 15.2. The van der Waals surface area contributed by atoms with E-state index in [1.807, 2.05) is 0 Å². The van der Waals surface area contributed by atoms with Crippen molar-refractivity contribution in [2.45, 2.75) is 59.6 Å². The van der Waals surface area contributed by atoms with E-state index in [2.05, 4.69) is 15.6 Å². The minimum atomic E-state index is -2.56. The zero-order chi connectivity index (χ0) is 24.2. The number of carbonyl (C=O) groups is 2. The highest BCUT2D eigenvalue weighted by Gasteiger charge is 2.24. The first-order valence-electron chi connectivity index (χ1n) is 10.1. The van der Waals surface area contributed by atoms with Gasteiger partial charge in [-0.2, -0.15) is 0 Å². The van der Waals surface area contributed by atoms with Crippen molar-refractivity contribution in [2.24, 2.45) is 0 Å². The molecule has 0 fully saturated rings. The van der Waals surface area contributed by atoms with Crippen molar-refractivity contribution in [3.8, 4) is 5.75 Å². The van der Waals surface area contributed by atoms with E-state index in [9.17, 15) is 23.5 Å². The van der Waals surface area contributed by atoms with Gasteiger partial charge >= 0.3 is 0 Å². The second-order valence-corrected chi connectivity index (χ2v) is 8.28. The topological polar surface area (TPSA) is 101 Å². The number of amides is 2. The third-order valence-corrected chi connectivity index (χ3v) is 4.70. The Hall–Kier alpha value is -3.07. The van der Waals surface area contributed by atoms with Gasteiger partial charge in [0.25, 0.3) is 18.2 Å². The molecule has 174 valence electrons. The van der Waals surface area contributed by atoms with Crippen molar-refractivity contribution in [1.82, 2.24) is 10.3 Å². The average molecular weight is 449 g/mol. The highest BCUT2D eigenvalue weighted by Crippen LogP contribution is 2.28. The molecule has 32 heavy (non-hydrogen) atoms. The summed E-state index contributed by atoms with van der Waals surface area (Å²) >= 11 is 0. The van der Waals surface area contributed by atoms with Crippen molar-refractivity contribution in [2.75, 3.05) is 11.9 Å². The van der Waals surface area contributed by atoms with Crippen LogP contribution in [-0.2, 0) is 4.79 Å². The van der Waals surface area contributed by atoms with Crippen LogP contribution in [0.15, 0.2) is 24.3 Å². The fourth-order valence-corrected chi connectivity index (χ4v) is 3.10. The van der Waals surface area contributed by atoms with E-state index in [0.29, 0.717) is 28.1 Å². The summed E-state index contributed by atoms with van der Waals surface area (Å²) in [4.78, 5) is 29.0. The van der Waals surface area contributed by atoms with Crippen molar-refractivity contribution in [3.63, 3.8) is 0 Å². The zero-order valence-corrected chi connectivity index (χ0v) is 19.0. The Morgan fingerprint density at radius 3 is 2.25 bits per heavy atom. The van der Waals surface area contributed by atoms with Gasteiger partial charge in [-0.3, -0.25) is 9.59 Å². The third-order valence-electron chi connectivity index (χ3n) is 4.70. The number of alkyl halides is 2. The van der Waals surface area contributed by atoms with Crippen LogP contribution >= 0.6 is 0 Å². The van der Waals surface area contributed by atoms with E-state index in [1.54, 1.807) is 45.9 Å².